The molecule has 0 radical (unpaired) electrons. The first-order valence-electron chi connectivity index (χ1n) is 5.40. The van der Waals surface area contributed by atoms with Crippen LogP contribution < -0.4 is 0 Å². The summed E-state index contributed by atoms with van der Waals surface area (Å²) in [5, 5.41) is 8.90. The van der Waals surface area contributed by atoms with E-state index in [1.54, 1.807) is 0 Å². The molecular formula is C10H17NO5. The van der Waals surface area contributed by atoms with E-state index >= 15 is 0 Å². The number of carbonyl (C=O) groups excluding carboxylic acids is 1. The molecule has 0 spiro atoms. The van der Waals surface area contributed by atoms with Gasteiger partial charge in [0.15, 0.2) is 6.04 Å². The maximum atomic E-state index is 11.6. The van der Waals surface area contributed by atoms with E-state index in [-0.39, 0.29) is 13.2 Å². The Morgan fingerprint density at radius 3 is 2.94 bits per heavy atom. The molecule has 1 rings (SSSR count). The van der Waals surface area contributed by atoms with Crippen molar-refractivity contribution in [3.05, 3.63) is 0 Å². The molecular weight excluding hydrogens is 214 g/mol. The smallest absolute Gasteiger partial charge is 0.410 e. The van der Waals surface area contributed by atoms with E-state index in [2.05, 4.69) is 0 Å². The molecule has 1 atom stereocenters. The maximum absolute atomic E-state index is 11.6. The Kier molecular flexibility index (Phi) is 5.04. The maximum Gasteiger partial charge on any atom is 0.410 e. The van der Waals surface area contributed by atoms with E-state index in [4.69, 9.17) is 14.6 Å². The molecule has 92 valence electrons. The lowest BCUT2D eigenvalue weighted by atomic mass is 10.2. The van der Waals surface area contributed by atoms with Crippen LogP contribution in [-0.2, 0) is 14.3 Å². The van der Waals surface area contributed by atoms with Crippen molar-refractivity contribution in [3.63, 3.8) is 0 Å². The van der Waals surface area contributed by atoms with E-state index in [1.807, 2.05) is 6.92 Å². The van der Waals surface area contributed by atoms with Crippen LogP contribution in [0.4, 0.5) is 4.79 Å². The average molecular weight is 231 g/mol. The highest BCUT2D eigenvalue weighted by Crippen LogP contribution is 2.09. The number of nitrogens with zero attached hydrogens (tertiary/aromatic N) is 1. The molecule has 1 N–H and O–H groups in total. The van der Waals surface area contributed by atoms with E-state index in [0.29, 0.717) is 13.2 Å². The molecule has 0 aromatic rings. The van der Waals surface area contributed by atoms with Crippen molar-refractivity contribution in [2.45, 2.75) is 25.8 Å². The number of rotatable bonds is 4. The zero-order valence-corrected chi connectivity index (χ0v) is 9.35. The lowest BCUT2D eigenvalue weighted by Gasteiger charge is -2.31. The minimum absolute atomic E-state index is 0.0260. The van der Waals surface area contributed by atoms with Gasteiger partial charge < -0.3 is 14.6 Å². The number of hydrogen-bond donors (Lipinski definition) is 1. The van der Waals surface area contributed by atoms with Crippen molar-refractivity contribution in [3.8, 4) is 0 Å². The van der Waals surface area contributed by atoms with Gasteiger partial charge >= 0.3 is 12.1 Å². The molecule has 1 aliphatic rings. The van der Waals surface area contributed by atoms with Gasteiger partial charge in [-0.05, 0) is 6.42 Å². The van der Waals surface area contributed by atoms with E-state index < -0.39 is 18.1 Å². The third-order valence-electron chi connectivity index (χ3n) is 2.37. The molecule has 6 heteroatoms. The zero-order valence-electron chi connectivity index (χ0n) is 9.35. The minimum atomic E-state index is -1.06. The summed E-state index contributed by atoms with van der Waals surface area (Å²) < 4.78 is 9.99. The van der Waals surface area contributed by atoms with Crippen LogP contribution in [0, 0.1) is 0 Å². The van der Waals surface area contributed by atoms with Crippen LogP contribution in [0.15, 0.2) is 0 Å². The summed E-state index contributed by atoms with van der Waals surface area (Å²) in [5.74, 6) is -1.06. The Morgan fingerprint density at radius 1 is 1.56 bits per heavy atom. The molecule has 0 aromatic carbocycles. The molecule has 0 aliphatic carbocycles. The summed E-state index contributed by atoms with van der Waals surface area (Å²) in [6, 6.07) is -0.928. The highest BCUT2D eigenvalue weighted by Gasteiger charge is 2.33. The molecule has 0 aromatic heterocycles. The number of hydrogen-bond acceptors (Lipinski definition) is 4. The fourth-order valence-corrected chi connectivity index (χ4v) is 1.41. The van der Waals surface area contributed by atoms with Crippen molar-refractivity contribution < 1.29 is 24.2 Å². The summed E-state index contributed by atoms with van der Waals surface area (Å²) in [6.07, 6.45) is 1.15. The first kappa shape index (κ1) is 12.8. The van der Waals surface area contributed by atoms with E-state index in [1.165, 1.54) is 4.90 Å². The van der Waals surface area contributed by atoms with Crippen LogP contribution >= 0.6 is 0 Å². The third-order valence-corrected chi connectivity index (χ3v) is 2.37. The Bertz CT molecular complexity index is 256. The number of aliphatic carboxylic acids is 1. The highest BCUT2D eigenvalue weighted by molar-refractivity contribution is 5.80. The van der Waals surface area contributed by atoms with Gasteiger partial charge in [-0.3, -0.25) is 4.90 Å². The Morgan fingerprint density at radius 2 is 2.31 bits per heavy atom. The van der Waals surface area contributed by atoms with Gasteiger partial charge in [0.1, 0.15) is 0 Å². The molecule has 0 saturated carbocycles. The van der Waals surface area contributed by atoms with E-state index in [0.717, 1.165) is 12.8 Å². The van der Waals surface area contributed by atoms with Crippen molar-refractivity contribution in [1.82, 2.24) is 4.90 Å². The largest absolute Gasteiger partial charge is 0.480 e. The van der Waals surface area contributed by atoms with Gasteiger partial charge in [0.05, 0.1) is 19.8 Å². The fourth-order valence-electron chi connectivity index (χ4n) is 1.41. The second kappa shape index (κ2) is 6.32. The summed E-state index contributed by atoms with van der Waals surface area (Å²) in [7, 11) is 0. The van der Waals surface area contributed by atoms with Crippen molar-refractivity contribution in [2.24, 2.45) is 0 Å². The molecule has 1 aliphatic heterocycles. The number of ether oxygens (including phenoxy) is 2. The quantitative estimate of drug-likeness (QED) is 0.721. The van der Waals surface area contributed by atoms with Crippen LogP contribution in [0.2, 0.25) is 0 Å². The van der Waals surface area contributed by atoms with Crippen molar-refractivity contribution >= 4 is 12.1 Å². The van der Waals surface area contributed by atoms with Crippen LogP contribution in [-0.4, -0.2) is 54.5 Å². The van der Waals surface area contributed by atoms with Crippen LogP contribution in [0.25, 0.3) is 0 Å². The van der Waals surface area contributed by atoms with Crippen molar-refractivity contribution in [1.29, 1.82) is 0 Å². The first-order chi connectivity index (χ1) is 7.66. The third kappa shape index (κ3) is 3.37. The second-order valence-corrected chi connectivity index (χ2v) is 3.59. The van der Waals surface area contributed by atoms with Gasteiger partial charge in [0.25, 0.3) is 0 Å². The molecule has 16 heavy (non-hydrogen) atoms. The number of carboxylic acids is 1. The number of unbranched alkanes of at least 4 members (excludes halogenated alkanes) is 1. The number of carboxylic acid groups (broad SMARTS) is 1. The van der Waals surface area contributed by atoms with Gasteiger partial charge in [-0.1, -0.05) is 13.3 Å². The molecule has 1 unspecified atom stereocenters. The number of carbonyl (C=O) groups is 2. The summed E-state index contributed by atoms with van der Waals surface area (Å²) in [5.41, 5.74) is 0. The zero-order chi connectivity index (χ0) is 12.0. The first-order valence-corrected chi connectivity index (χ1v) is 5.40. The molecule has 1 saturated heterocycles. The Hall–Kier alpha value is -1.30. The molecule has 1 heterocycles. The van der Waals surface area contributed by atoms with Gasteiger partial charge in [-0.25, -0.2) is 9.59 Å². The SMILES string of the molecule is CCCCOC(=O)N1CCOCC1C(=O)O. The van der Waals surface area contributed by atoms with Crippen LogP contribution in [0.5, 0.6) is 0 Å². The predicted octanol–water partition coefficient (Wildman–Crippen LogP) is 0.708. The lowest BCUT2D eigenvalue weighted by Crippen LogP contribution is -2.52. The molecule has 1 amide bonds. The highest BCUT2D eigenvalue weighted by atomic mass is 16.6. The Labute approximate surface area is 94.1 Å². The molecule has 0 bridgehead atoms. The fraction of sp³-hybridized carbons (Fsp3) is 0.800. The van der Waals surface area contributed by atoms with Gasteiger partial charge in [0, 0.05) is 6.54 Å². The Balaban J connectivity index is 2.47. The average Bonchev–Trinajstić information content (AvgIpc) is 2.29. The van der Waals surface area contributed by atoms with Gasteiger partial charge in [-0.2, -0.15) is 0 Å². The summed E-state index contributed by atoms with van der Waals surface area (Å²) in [6.45, 7) is 2.97. The summed E-state index contributed by atoms with van der Waals surface area (Å²) in [4.78, 5) is 23.7. The minimum Gasteiger partial charge on any atom is -0.480 e. The number of amides is 1. The van der Waals surface area contributed by atoms with E-state index in [9.17, 15) is 9.59 Å². The normalized spacial score (nSPS) is 20.6. The summed E-state index contributed by atoms with van der Waals surface area (Å²) >= 11 is 0. The van der Waals surface area contributed by atoms with Gasteiger partial charge in [-0.15, -0.1) is 0 Å². The van der Waals surface area contributed by atoms with Crippen LogP contribution in [0.1, 0.15) is 19.8 Å². The van der Waals surface area contributed by atoms with Crippen molar-refractivity contribution in [2.75, 3.05) is 26.4 Å². The monoisotopic (exact) mass is 231 g/mol. The second-order valence-electron chi connectivity index (χ2n) is 3.59. The van der Waals surface area contributed by atoms with Gasteiger partial charge in [0.2, 0.25) is 0 Å². The molecule has 1 fully saturated rings. The number of morpholine rings is 1. The van der Waals surface area contributed by atoms with Crippen LogP contribution in [0.3, 0.4) is 0 Å². The standard InChI is InChI=1S/C10H17NO5/c1-2-3-5-16-10(14)11-4-6-15-7-8(11)9(12)13/h8H,2-7H2,1H3,(H,12,13). The topological polar surface area (TPSA) is 76.1 Å². The molecule has 6 nitrogen and oxygen atoms in total. The lowest BCUT2D eigenvalue weighted by molar-refractivity contribution is -0.148. The predicted molar refractivity (Wildman–Crippen MR) is 55.2 cm³/mol.